The Bertz CT molecular complexity index is 935. The highest BCUT2D eigenvalue weighted by atomic mass is 35.5. The molecule has 0 unspecified atom stereocenters. The minimum Gasteiger partial charge on any atom is -0.496 e. The normalized spacial score (nSPS) is 10.5. The Morgan fingerprint density at radius 1 is 1.14 bits per heavy atom. The van der Waals surface area contributed by atoms with Crippen molar-refractivity contribution in [3.8, 4) is 16.9 Å². The van der Waals surface area contributed by atoms with E-state index in [1.165, 1.54) is 6.26 Å². The van der Waals surface area contributed by atoms with Crippen molar-refractivity contribution in [2.75, 3.05) is 7.11 Å². The minimum absolute atomic E-state index is 0. The van der Waals surface area contributed by atoms with Gasteiger partial charge in [0.05, 0.1) is 19.2 Å². The third-order valence-electron chi connectivity index (χ3n) is 4.71. The maximum atomic E-state index is 12.9. The molecule has 0 saturated carbocycles. The van der Waals surface area contributed by atoms with Gasteiger partial charge in [-0.15, -0.1) is 12.4 Å². The number of nitrogens with zero attached hydrogens (tertiary/aromatic N) is 1. The van der Waals surface area contributed by atoms with Crippen LogP contribution in [0.25, 0.3) is 11.1 Å². The maximum Gasteiger partial charge on any atom is 0.257 e. The van der Waals surface area contributed by atoms with Gasteiger partial charge in [0.15, 0.2) is 0 Å². The summed E-state index contributed by atoms with van der Waals surface area (Å²) in [6, 6.07) is 17.9. The summed E-state index contributed by atoms with van der Waals surface area (Å²) >= 11 is 0. The number of rotatable bonds is 7. The number of methoxy groups -OCH3 is 1. The van der Waals surface area contributed by atoms with Crippen LogP contribution in [-0.2, 0) is 13.1 Å². The van der Waals surface area contributed by atoms with Crippen LogP contribution >= 0.6 is 12.4 Å². The van der Waals surface area contributed by atoms with E-state index >= 15 is 0 Å². The monoisotopic (exact) mass is 414 g/mol. The second-order valence-electron chi connectivity index (χ2n) is 6.93. The van der Waals surface area contributed by atoms with Gasteiger partial charge in [0, 0.05) is 18.2 Å². The molecule has 154 valence electrons. The molecule has 0 bridgehead atoms. The third-order valence-corrected chi connectivity index (χ3v) is 4.71. The van der Waals surface area contributed by atoms with Crippen molar-refractivity contribution in [1.82, 2.24) is 4.90 Å². The maximum absolute atomic E-state index is 12.9. The lowest BCUT2D eigenvalue weighted by Crippen LogP contribution is -2.36. The van der Waals surface area contributed by atoms with E-state index in [9.17, 15) is 4.79 Å². The topological polar surface area (TPSA) is 68.7 Å². The molecule has 5 nitrogen and oxygen atoms in total. The summed E-state index contributed by atoms with van der Waals surface area (Å²) in [5.74, 6) is 1.38. The van der Waals surface area contributed by atoms with Gasteiger partial charge in [-0.2, -0.15) is 0 Å². The number of ether oxygens (including phenoxy) is 1. The smallest absolute Gasteiger partial charge is 0.257 e. The number of hydrogen-bond acceptors (Lipinski definition) is 4. The van der Waals surface area contributed by atoms with Crippen LogP contribution in [0.15, 0.2) is 65.3 Å². The Morgan fingerprint density at radius 2 is 1.83 bits per heavy atom. The number of carbonyl (C=O) groups is 1. The number of nitrogens with two attached hydrogens (primary N) is 1. The van der Waals surface area contributed by atoms with Crippen molar-refractivity contribution in [2.24, 2.45) is 5.73 Å². The number of hydrogen-bond donors (Lipinski definition) is 1. The van der Waals surface area contributed by atoms with Crippen LogP contribution < -0.4 is 10.5 Å². The van der Waals surface area contributed by atoms with Gasteiger partial charge in [-0.05, 0) is 37.1 Å². The van der Waals surface area contributed by atoms with Crippen molar-refractivity contribution in [1.29, 1.82) is 0 Å². The summed E-state index contributed by atoms with van der Waals surface area (Å²) in [6.07, 6.45) is 1.48. The van der Waals surface area contributed by atoms with Crippen LogP contribution in [0.3, 0.4) is 0 Å². The lowest BCUT2D eigenvalue weighted by atomic mass is 10.0. The lowest BCUT2D eigenvalue weighted by Gasteiger charge is -2.26. The Hall–Kier alpha value is -2.76. The Morgan fingerprint density at radius 3 is 2.41 bits per heavy atom. The van der Waals surface area contributed by atoms with Crippen molar-refractivity contribution >= 4 is 18.3 Å². The van der Waals surface area contributed by atoms with Crippen LogP contribution in [0, 0.1) is 0 Å². The summed E-state index contributed by atoms with van der Waals surface area (Å²) in [7, 11) is 1.67. The Balaban J connectivity index is 0.00000300. The molecule has 0 fully saturated rings. The molecule has 1 aromatic heterocycles. The summed E-state index contributed by atoms with van der Waals surface area (Å²) < 4.78 is 10.8. The Kier molecular flexibility index (Phi) is 7.88. The zero-order valence-electron chi connectivity index (χ0n) is 16.9. The van der Waals surface area contributed by atoms with Crippen molar-refractivity contribution in [2.45, 2.75) is 33.0 Å². The second-order valence-corrected chi connectivity index (χ2v) is 6.93. The molecular formula is C23H27ClN2O3. The lowest BCUT2D eigenvalue weighted by molar-refractivity contribution is 0.0689. The molecule has 2 aromatic carbocycles. The van der Waals surface area contributed by atoms with Gasteiger partial charge in [0.1, 0.15) is 17.8 Å². The van der Waals surface area contributed by atoms with Gasteiger partial charge >= 0.3 is 0 Å². The van der Waals surface area contributed by atoms with Crippen LogP contribution in [0.5, 0.6) is 5.75 Å². The van der Waals surface area contributed by atoms with E-state index in [4.69, 9.17) is 14.9 Å². The van der Waals surface area contributed by atoms with Crippen LogP contribution in [0.4, 0.5) is 0 Å². The van der Waals surface area contributed by atoms with Crippen molar-refractivity contribution in [3.05, 3.63) is 77.7 Å². The van der Waals surface area contributed by atoms with E-state index in [1.807, 2.05) is 55.1 Å². The molecule has 2 N–H and O–H groups in total. The predicted molar refractivity (Wildman–Crippen MR) is 117 cm³/mol. The molecule has 3 rings (SSSR count). The van der Waals surface area contributed by atoms with E-state index < -0.39 is 0 Å². The van der Waals surface area contributed by atoms with E-state index in [2.05, 4.69) is 12.1 Å². The molecule has 6 heteroatoms. The minimum atomic E-state index is -0.0627. The quantitative estimate of drug-likeness (QED) is 0.597. The molecule has 0 aliphatic rings. The second kappa shape index (κ2) is 10.1. The van der Waals surface area contributed by atoms with Gasteiger partial charge < -0.3 is 19.8 Å². The molecule has 0 spiro atoms. The SMILES string of the molecule is COc1ccccc1-c1ccc(CN(C(=O)c2coc(CN)c2)C(C)C)cc1.Cl. The fourth-order valence-corrected chi connectivity index (χ4v) is 3.12. The van der Waals surface area contributed by atoms with Gasteiger partial charge in [0.2, 0.25) is 0 Å². The summed E-state index contributed by atoms with van der Waals surface area (Å²) in [5.41, 5.74) is 9.28. The largest absolute Gasteiger partial charge is 0.496 e. The highest BCUT2D eigenvalue weighted by Gasteiger charge is 2.21. The van der Waals surface area contributed by atoms with Crippen molar-refractivity contribution in [3.63, 3.8) is 0 Å². The Labute approximate surface area is 177 Å². The predicted octanol–water partition coefficient (Wildman–Crippen LogP) is 4.89. The molecule has 3 aromatic rings. The van der Waals surface area contributed by atoms with E-state index in [1.54, 1.807) is 13.2 Å². The zero-order chi connectivity index (χ0) is 20.1. The summed E-state index contributed by atoms with van der Waals surface area (Å²) in [4.78, 5) is 14.7. The number of benzene rings is 2. The molecule has 1 amide bonds. The number of carbonyl (C=O) groups excluding carboxylic acids is 1. The molecular weight excluding hydrogens is 388 g/mol. The molecule has 1 heterocycles. The standard InChI is InChI=1S/C23H26N2O3.ClH/c1-16(2)25(23(26)19-12-20(13-24)28-15-19)14-17-8-10-18(11-9-17)21-6-4-5-7-22(21)27-3;/h4-12,15-16H,13-14,24H2,1-3H3;1H. The first-order chi connectivity index (χ1) is 13.5. The number of halogens is 1. The fourth-order valence-electron chi connectivity index (χ4n) is 3.12. The van der Waals surface area contributed by atoms with Crippen molar-refractivity contribution < 1.29 is 13.9 Å². The van der Waals surface area contributed by atoms with Crippen LogP contribution in [0.2, 0.25) is 0 Å². The molecule has 0 saturated heterocycles. The average Bonchev–Trinajstić information content (AvgIpc) is 3.21. The summed E-state index contributed by atoms with van der Waals surface area (Å²) in [6.45, 7) is 4.81. The highest BCUT2D eigenvalue weighted by molar-refractivity contribution is 5.94. The average molecular weight is 415 g/mol. The highest BCUT2D eigenvalue weighted by Crippen LogP contribution is 2.29. The molecule has 0 radical (unpaired) electrons. The van der Waals surface area contributed by atoms with E-state index in [-0.39, 0.29) is 30.9 Å². The number of para-hydroxylation sites is 1. The van der Waals surface area contributed by atoms with Crippen LogP contribution in [-0.4, -0.2) is 24.0 Å². The van der Waals surface area contributed by atoms with Gasteiger partial charge in [-0.25, -0.2) is 0 Å². The van der Waals surface area contributed by atoms with Crippen LogP contribution in [0.1, 0.15) is 35.5 Å². The molecule has 29 heavy (non-hydrogen) atoms. The first-order valence-electron chi connectivity index (χ1n) is 9.34. The first kappa shape index (κ1) is 22.5. The van der Waals surface area contributed by atoms with Gasteiger partial charge in [-0.3, -0.25) is 4.79 Å². The molecule has 0 aliphatic carbocycles. The molecule has 0 aliphatic heterocycles. The van der Waals surface area contributed by atoms with Gasteiger partial charge in [-0.1, -0.05) is 42.5 Å². The number of furan rings is 1. The zero-order valence-corrected chi connectivity index (χ0v) is 17.7. The third kappa shape index (κ3) is 5.19. The fraction of sp³-hybridized carbons (Fsp3) is 0.261. The van der Waals surface area contributed by atoms with E-state index in [0.717, 1.165) is 22.4 Å². The summed E-state index contributed by atoms with van der Waals surface area (Å²) in [5, 5.41) is 0. The van der Waals surface area contributed by atoms with Gasteiger partial charge in [0.25, 0.3) is 5.91 Å². The first-order valence-corrected chi connectivity index (χ1v) is 9.34. The number of amides is 1. The molecule has 0 atom stereocenters. The van der Waals surface area contributed by atoms with E-state index in [0.29, 0.717) is 17.9 Å².